The van der Waals surface area contributed by atoms with Gasteiger partial charge in [0.15, 0.2) is 9.84 Å². The largest absolute Gasteiger partial charge is 0.440 e. The van der Waals surface area contributed by atoms with Crippen molar-refractivity contribution in [1.29, 1.82) is 0 Å². The number of nitrogens with one attached hydrogen (secondary N) is 1. The second-order valence-corrected chi connectivity index (χ2v) is 14.1. The lowest BCUT2D eigenvalue weighted by Crippen LogP contribution is -2.48. The van der Waals surface area contributed by atoms with E-state index in [9.17, 15) is 13.2 Å². The summed E-state index contributed by atoms with van der Waals surface area (Å²) >= 11 is 0. The average molecular weight is 555 g/mol. The highest BCUT2D eigenvalue weighted by molar-refractivity contribution is 7.91. The first kappa shape index (κ1) is 29.4. The molecule has 2 atom stereocenters. The average Bonchev–Trinajstić information content (AvgIpc) is 3.12. The number of carbonyl (C=O) groups is 1. The van der Waals surface area contributed by atoms with Gasteiger partial charge in [-0.2, -0.15) is 0 Å². The predicted octanol–water partition coefficient (Wildman–Crippen LogP) is 8.31. The Hall–Kier alpha value is -2.54. The topological polar surface area (TPSA) is 75.7 Å². The number of unbranched alkanes of at least 4 members (excludes halogenated alkanes) is 7. The third-order valence-corrected chi connectivity index (χ3v) is 10.2. The summed E-state index contributed by atoms with van der Waals surface area (Å²) in [4.78, 5) is 15.7. The van der Waals surface area contributed by atoms with Crippen molar-refractivity contribution in [2.45, 2.75) is 115 Å². The molecule has 2 unspecified atom stereocenters. The number of aryl methyl sites for hydroxylation is 1. The molecule has 0 spiro atoms. The molecule has 0 aliphatic carbocycles. The Balaban J connectivity index is 1.43. The molecular weight excluding hydrogens is 508 g/mol. The minimum Gasteiger partial charge on any atom is -0.440 e. The van der Waals surface area contributed by atoms with Gasteiger partial charge in [0.25, 0.3) is 0 Å². The summed E-state index contributed by atoms with van der Waals surface area (Å²) in [6.45, 7) is 12.2. The lowest BCUT2D eigenvalue weighted by molar-refractivity contribution is 0.123. The van der Waals surface area contributed by atoms with Gasteiger partial charge in [0.2, 0.25) is 0 Å². The maximum Gasteiger partial charge on any atom is 0.412 e. The van der Waals surface area contributed by atoms with E-state index in [4.69, 9.17) is 4.74 Å². The van der Waals surface area contributed by atoms with Crippen LogP contribution >= 0.6 is 0 Å². The molecule has 6 nitrogen and oxygen atoms in total. The van der Waals surface area contributed by atoms with Gasteiger partial charge in [0.05, 0.1) is 10.6 Å². The summed E-state index contributed by atoms with van der Waals surface area (Å²) in [7, 11) is -3.45. The van der Waals surface area contributed by atoms with Crippen LogP contribution in [0.25, 0.3) is 0 Å². The molecule has 0 bridgehead atoms. The van der Waals surface area contributed by atoms with Crippen LogP contribution in [-0.2, 0) is 14.6 Å². The van der Waals surface area contributed by atoms with Crippen molar-refractivity contribution in [1.82, 2.24) is 0 Å². The Morgan fingerprint density at radius 1 is 1.03 bits per heavy atom. The van der Waals surface area contributed by atoms with E-state index in [1.165, 1.54) is 62.6 Å². The van der Waals surface area contributed by atoms with Crippen molar-refractivity contribution < 1.29 is 17.9 Å². The molecule has 2 aliphatic rings. The number of benzene rings is 2. The van der Waals surface area contributed by atoms with E-state index in [-0.39, 0.29) is 16.2 Å². The van der Waals surface area contributed by atoms with Crippen LogP contribution in [0.15, 0.2) is 41.3 Å². The van der Waals surface area contributed by atoms with Crippen molar-refractivity contribution in [2.75, 3.05) is 22.5 Å². The highest BCUT2D eigenvalue weighted by Crippen LogP contribution is 2.45. The summed E-state index contributed by atoms with van der Waals surface area (Å²) in [6, 6.07) is 11.0. The number of ether oxygens (including phenoxy) is 1. The molecule has 1 N–H and O–H groups in total. The van der Waals surface area contributed by atoms with Gasteiger partial charge in [0.1, 0.15) is 6.10 Å². The second-order valence-electron chi connectivity index (χ2n) is 12.1. The van der Waals surface area contributed by atoms with Crippen LogP contribution in [0.4, 0.5) is 16.2 Å². The fraction of sp³-hybridized carbons (Fsp3) is 0.594. The van der Waals surface area contributed by atoms with Crippen LogP contribution in [0.1, 0.15) is 114 Å². The standard InChI is InChI=1S/C32H46N2O4S/c1-6-7-8-9-10-11-12-15-18-34-28-19-23(2)27(20-26(28)24(3)21-32(34,4)5)33-31(35)38-29-22-39(36,37)30-17-14-13-16-25(29)30/h13-14,16-17,19-20,24,29H,6-12,15,18,21-22H2,1-5H3,(H,33,35). The molecule has 2 heterocycles. The molecule has 214 valence electrons. The highest BCUT2D eigenvalue weighted by atomic mass is 32.2. The third kappa shape index (κ3) is 6.79. The van der Waals surface area contributed by atoms with E-state index in [0.717, 1.165) is 18.5 Å². The normalized spacial score (nSPS) is 20.8. The molecule has 0 saturated heterocycles. The molecule has 0 radical (unpaired) electrons. The zero-order chi connectivity index (χ0) is 28.2. The summed E-state index contributed by atoms with van der Waals surface area (Å²) in [5.74, 6) is 0.136. The van der Waals surface area contributed by atoms with Crippen LogP contribution in [-0.4, -0.2) is 32.3 Å². The Morgan fingerprint density at radius 2 is 1.69 bits per heavy atom. The molecular formula is C32H46N2O4S. The molecule has 0 aromatic heterocycles. The number of fused-ring (bicyclic) bond motifs is 2. The maximum absolute atomic E-state index is 12.9. The fourth-order valence-electron chi connectivity index (χ4n) is 6.37. The smallest absolute Gasteiger partial charge is 0.412 e. The lowest BCUT2D eigenvalue weighted by atomic mass is 9.79. The molecule has 7 heteroatoms. The van der Waals surface area contributed by atoms with E-state index >= 15 is 0 Å². The van der Waals surface area contributed by atoms with Gasteiger partial charge >= 0.3 is 6.09 Å². The van der Waals surface area contributed by atoms with Crippen LogP contribution in [0.3, 0.4) is 0 Å². The van der Waals surface area contributed by atoms with Gasteiger partial charge in [-0.05, 0) is 68.9 Å². The first-order valence-electron chi connectivity index (χ1n) is 14.7. The number of rotatable bonds is 11. The van der Waals surface area contributed by atoms with Crippen molar-refractivity contribution in [3.63, 3.8) is 0 Å². The Labute approximate surface area is 235 Å². The molecule has 4 rings (SSSR count). The first-order chi connectivity index (χ1) is 18.5. The van der Waals surface area contributed by atoms with Gasteiger partial charge in [-0.1, -0.05) is 77.0 Å². The van der Waals surface area contributed by atoms with Crippen molar-refractivity contribution >= 4 is 27.3 Å². The number of amides is 1. The molecule has 2 aromatic carbocycles. The lowest BCUT2D eigenvalue weighted by Gasteiger charge is -2.48. The quantitative estimate of drug-likeness (QED) is 0.283. The van der Waals surface area contributed by atoms with Crippen molar-refractivity contribution in [3.8, 4) is 0 Å². The van der Waals surface area contributed by atoms with Gasteiger partial charge in [0, 0.05) is 29.0 Å². The fourth-order valence-corrected chi connectivity index (χ4v) is 8.04. The van der Waals surface area contributed by atoms with E-state index in [1.54, 1.807) is 24.3 Å². The zero-order valence-electron chi connectivity index (χ0n) is 24.4. The molecule has 2 aliphatic heterocycles. The van der Waals surface area contributed by atoms with E-state index in [1.807, 2.05) is 6.92 Å². The first-order valence-corrected chi connectivity index (χ1v) is 16.4. The number of nitrogens with zero attached hydrogens (tertiary/aromatic N) is 1. The highest BCUT2D eigenvalue weighted by Gasteiger charge is 2.38. The van der Waals surface area contributed by atoms with Gasteiger partial charge in [-0.15, -0.1) is 0 Å². The summed E-state index contributed by atoms with van der Waals surface area (Å²) in [5.41, 5.74) is 4.79. The molecule has 0 saturated carbocycles. The number of hydrogen-bond donors (Lipinski definition) is 1. The monoisotopic (exact) mass is 554 g/mol. The van der Waals surface area contributed by atoms with E-state index in [2.05, 4.69) is 50.0 Å². The summed E-state index contributed by atoms with van der Waals surface area (Å²) in [6.07, 6.45) is 10.0. The minimum absolute atomic E-state index is 0.0647. The predicted molar refractivity (Wildman–Crippen MR) is 160 cm³/mol. The van der Waals surface area contributed by atoms with E-state index in [0.29, 0.717) is 17.2 Å². The Bertz CT molecular complexity index is 1270. The van der Waals surface area contributed by atoms with Crippen LogP contribution < -0.4 is 10.2 Å². The molecule has 0 fully saturated rings. The summed E-state index contributed by atoms with van der Waals surface area (Å²) in [5, 5.41) is 2.91. The molecule has 39 heavy (non-hydrogen) atoms. The zero-order valence-corrected chi connectivity index (χ0v) is 25.2. The summed E-state index contributed by atoms with van der Waals surface area (Å²) < 4.78 is 30.6. The number of anilines is 2. The Morgan fingerprint density at radius 3 is 2.41 bits per heavy atom. The second kappa shape index (κ2) is 12.3. The number of hydrogen-bond acceptors (Lipinski definition) is 5. The van der Waals surface area contributed by atoms with E-state index < -0.39 is 22.0 Å². The van der Waals surface area contributed by atoms with Gasteiger partial charge < -0.3 is 9.64 Å². The van der Waals surface area contributed by atoms with Gasteiger partial charge in [-0.3, -0.25) is 5.32 Å². The molecule has 1 amide bonds. The van der Waals surface area contributed by atoms with Crippen LogP contribution in [0.5, 0.6) is 0 Å². The van der Waals surface area contributed by atoms with Gasteiger partial charge in [-0.25, -0.2) is 13.2 Å². The van der Waals surface area contributed by atoms with Crippen LogP contribution in [0, 0.1) is 6.92 Å². The van der Waals surface area contributed by atoms with Crippen molar-refractivity contribution in [2.24, 2.45) is 0 Å². The minimum atomic E-state index is -3.45. The number of carbonyl (C=O) groups excluding carboxylic acids is 1. The maximum atomic E-state index is 12.9. The molecule has 2 aromatic rings. The van der Waals surface area contributed by atoms with Crippen LogP contribution in [0.2, 0.25) is 0 Å². The number of sulfone groups is 1. The van der Waals surface area contributed by atoms with Crippen molar-refractivity contribution in [3.05, 3.63) is 53.1 Å². The third-order valence-electron chi connectivity index (χ3n) is 8.42. The Kier molecular flexibility index (Phi) is 9.30. The SMILES string of the molecule is CCCCCCCCCCN1c2cc(C)c(NC(=O)OC3CS(=O)(=O)c4ccccc43)cc2C(C)CC1(C)C.